The highest BCUT2D eigenvalue weighted by atomic mass is 19.4. The fourth-order valence-electron chi connectivity index (χ4n) is 2.34. The summed E-state index contributed by atoms with van der Waals surface area (Å²) in [4.78, 5) is 0. The van der Waals surface area contributed by atoms with E-state index in [4.69, 9.17) is 9.47 Å². The van der Waals surface area contributed by atoms with Crippen LogP contribution in [-0.4, -0.2) is 6.61 Å². The summed E-state index contributed by atoms with van der Waals surface area (Å²) in [5.74, 6) is 2.13. The van der Waals surface area contributed by atoms with Crippen LogP contribution in [0.3, 0.4) is 0 Å². The molecule has 0 unspecified atom stereocenters. The molecule has 0 spiro atoms. The fraction of sp³-hybridized carbons (Fsp3) is 0.0909. The van der Waals surface area contributed by atoms with Crippen molar-refractivity contribution in [1.82, 2.24) is 0 Å². The third-order valence-electron chi connectivity index (χ3n) is 3.70. The van der Waals surface area contributed by atoms with Crippen LogP contribution in [0.15, 0.2) is 84.9 Å². The maximum absolute atomic E-state index is 12.5. The lowest BCUT2D eigenvalue weighted by molar-refractivity contribution is -0.137. The highest BCUT2D eigenvalue weighted by molar-refractivity contribution is 5.50. The van der Waals surface area contributed by atoms with E-state index >= 15 is 0 Å². The molecule has 27 heavy (non-hydrogen) atoms. The quantitative estimate of drug-likeness (QED) is 0.487. The number of halogens is 3. The largest absolute Gasteiger partial charge is 0.490 e. The van der Waals surface area contributed by atoms with Crippen molar-refractivity contribution in [3.63, 3.8) is 0 Å². The van der Waals surface area contributed by atoms with Crippen molar-refractivity contribution in [2.24, 2.45) is 0 Å². The summed E-state index contributed by atoms with van der Waals surface area (Å²) in [6.45, 7) is 0.305. The SMILES string of the molecule is FC(F)(F)c1ccc(/C=C/COc2ccc(Oc3ccccc3)cc2)cc1. The first kappa shape index (κ1) is 18.6. The molecule has 0 radical (unpaired) electrons. The third-order valence-corrected chi connectivity index (χ3v) is 3.70. The molecule has 0 atom stereocenters. The van der Waals surface area contributed by atoms with Gasteiger partial charge in [0.2, 0.25) is 0 Å². The Morgan fingerprint density at radius 1 is 0.704 bits per heavy atom. The lowest BCUT2D eigenvalue weighted by atomic mass is 10.1. The van der Waals surface area contributed by atoms with Gasteiger partial charge >= 0.3 is 6.18 Å². The van der Waals surface area contributed by atoms with Gasteiger partial charge in [0.1, 0.15) is 23.9 Å². The van der Waals surface area contributed by atoms with E-state index < -0.39 is 11.7 Å². The van der Waals surface area contributed by atoms with Crippen molar-refractivity contribution in [2.75, 3.05) is 6.61 Å². The van der Waals surface area contributed by atoms with Crippen molar-refractivity contribution in [3.8, 4) is 17.2 Å². The van der Waals surface area contributed by atoms with Crippen LogP contribution in [0.2, 0.25) is 0 Å². The Hall–Kier alpha value is -3.21. The van der Waals surface area contributed by atoms with Gasteiger partial charge < -0.3 is 9.47 Å². The summed E-state index contributed by atoms with van der Waals surface area (Å²) in [5, 5.41) is 0. The summed E-state index contributed by atoms with van der Waals surface area (Å²) in [5.41, 5.74) is 0.0203. The highest BCUT2D eigenvalue weighted by Crippen LogP contribution is 2.29. The molecule has 0 heterocycles. The molecule has 138 valence electrons. The molecule has 0 aliphatic carbocycles. The van der Waals surface area contributed by atoms with Gasteiger partial charge in [-0.2, -0.15) is 13.2 Å². The molecule has 0 amide bonds. The Labute approximate surface area is 155 Å². The zero-order chi connectivity index (χ0) is 19.1. The Bertz CT molecular complexity index is 868. The predicted octanol–water partition coefficient (Wildman–Crippen LogP) is 6.59. The molecule has 2 nitrogen and oxygen atoms in total. The normalized spacial score (nSPS) is 11.5. The van der Waals surface area contributed by atoms with Gasteiger partial charge in [-0.3, -0.25) is 0 Å². The minimum Gasteiger partial charge on any atom is -0.490 e. The highest BCUT2D eigenvalue weighted by Gasteiger charge is 2.29. The number of benzene rings is 3. The molecule has 0 bridgehead atoms. The van der Waals surface area contributed by atoms with Crippen LogP contribution < -0.4 is 9.47 Å². The maximum atomic E-state index is 12.5. The molecule has 0 fully saturated rings. The second-order valence-electron chi connectivity index (χ2n) is 5.72. The Morgan fingerprint density at radius 2 is 1.30 bits per heavy atom. The topological polar surface area (TPSA) is 18.5 Å². The molecular formula is C22H17F3O2. The molecule has 3 aromatic carbocycles. The number of ether oxygens (including phenoxy) is 2. The average Bonchev–Trinajstić information content (AvgIpc) is 2.67. The molecule has 0 aromatic heterocycles. The molecule has 3 rings (SSSR count). The van der Waals surface area contributed by atoms with E-state index in [9.17, 15) is 13.2 Å². The smallest absolute Gasteiger partial charge is 0.416 e. The van der Waals surface area contributed by atoms with E-state index in [-0.39, 0.29) is 0 Å². The number of rotatable bonds is 6. The molecule has 3 aromatic rings. The lowest BCUT2D eigenvalue weighted by Gasteiger charge is -2.07. The van der Waals surface area contributed by atoms with Crippen LogP contribution in [0, 0.1) is 0 Å². The standard InChI is InChI=1S/C22H17F3O2/c23-22(24,25)18-10-8-17(9-11-18)5-4-16-26-19-12-14-21(15-13-19)27-20-6-2-1-3-7-20/h1-15H,16H2/b5-4+. The monoisotopic (exact) mass is 370 g/mol. The van der Waals surface area contributed by atoms with Crippen molar-refractivity contribution < 1.29 is 22.6 Å². The van der Waals surface area contributed by atoms with Gasteiger partial charge in [0, 0.05) is 0 Å². The molecule has 0 aliphatic heterocycles. The Kier molecular flexibility index (Phi) is 5.81. The molecule has 0 N–H and O–H groups in total. The van der Waals surface area contributed by atoms with E-state index in [1.54, 1.807) is 24.3 Å². The molecular weight excluding hydrogens is 353 g/mol. The summed E-state index contributed by atoms with van der Waals surface area (Å²) >= 11 is 0. The van der Waals surface area contributed by atoms with Gasteiger partial charge in [-0.1, -0.05) is 36.4 Å². The molecule has 5 heteroatoms. The van der Waals surface area contributed by atoms with Crippen molar-refractivity contribution in [2.45, 2.75) is 6.18 Å². The minimum absolute atomic E-state index is 0.305. The van der Waals surface area contributed by atoms with Gasteiger partial charge in [-0.25, -0.2) is 0 Å². The predicted molar refractivity (Wildman–Crippen MR) is 98.9 cm³/mol. The zero-order valence-corrected chi connectivity index (χ0v) is 14.3. The first-order chi connectivity index (χ1) is 13.0. The lowest BCUT2D eigenvalue weighted by Crippen LogP contribution is -2.03. The summed E-state index contributed by atoms with van der Waals surface area (Å²) in [7, 11) is 0. The summed E-state index contributed by atoms with van der Waals surface area (Å²) in [6, 6.07) is 21.6. The van der Waals surface area contributed by atoms with Crippen LogP contribution >= 0.6 is 0 Å². The minimum atomic E-state index is -4.32. The Morgan fingerprint density at radius 3 is 1.93 bits per heavy atom. The van der Waals surface area contributed by atoms with E-state index in [2.05, 4.69) is 0 Å². The summed E-state index contributed by atoms with van der Waals surface area (Å²) < 4.78 is 48.8. The second kappa shape index (κ2) is 8.45. The van der Waals surface area contributed by atoms with Crippen molar-refractivity contribution in [3.05, 3.63) is 96.1 Å². The molecule has 0 saturated heterocycles. The van der Waals surface area contributed by atoms with E-state index in [0.717, 1.165) is 17.9 Å². The van der Waals surface area contributed by atoms with Crippen molar-refractivity contribution >= 4 is 6.08 Å². The van der Waals surface area contributed by atoms with Crippen LogP contribution in [-0.2, 0) is 6.18 Å². The summed E-state index contributed by atoms with van der Waals surface area (Å²) in [6.07, 6.45) is -0.855. The molecule has 0 saturated carbocycles. The van der Waals surface area contributed by atoms with Gasteiger partial charge in [0.25, 0.3) is 0 Å². The molecule has 0 aliphatic rings. The van der Waals surface area contributed by atoms with Gasteiger partial charge in [0.15, 0.2) is 0 Å². The van der Waals surface area contributed by atoms with E-state index in [1.165, 1.54) is 12.1 Å². The van der Waals surface area contributed by atoms with Gasteiger partial charge in [-0.05, 0) is 60.2 Å². The van der Waals surface area contributed by atoms with Gasteiger partial charge in [0.05, 0.1) is 5.56 Å². The number of alkyl halides is 3. The van der Waals surface area contributed by atoms with Crippen LogP contribution in [0.1, 0.15) is 11.1 Å². The average molecular weight is 370 g/mol. The number of hydrogen-bond acceptors (Lipinski definition) is 2. The second-order valence-corrected chi connectivity index (χ2v) is 5.72. The van der Waals surface area contributed by atoms with E-state index in [1.807, 2.05) is 42.5 Å². The van der Waals surface area contributed by atoms with Crippen LogP contribution in [0.4, 0.5) is 13.2 Å². The van der Waals surface area contributed by atoms with Gasteiger partial charge in [-0.15, -0.1) is 0 Å². The first-order valence-electron chi connectivity index (χ1n) is 8.30. The van der Waals surface area contributed by atoms with E-state index in [0.29, 0.717) is 23.7 Å². The van der Waals surface area contributed by atoms with Crippen LogP contribution in [0.25, 0.3) is 6.08 Å². The fourth-order valence-corrected chi connectivity index (χ4v) is 2.34. The third kappa shape index (κ3) is 5.64. The Balaban J connectivity index is 1.49. The first-order valence-corrected chi connectivity index (χ1v) is 8.30. The van der Waals surface area contributed by atoms with Crippen LogP contribution in [0.5, 0.6) is 17.2 Å². The zero-order valence-electron chi connectivity index (χ0n) is 14.3. The number of hydrogen-bond donors (Lipinski definition) is 0. The maximum Gasteiger partial charge on any atom is 0.416 e. The number of para-hydroxylation sites is 1. The van der Waals surface area contributed by atoms with Crippen molar-refractivity contribution in [1.29, 1.82) is 0 Å².